The Hall–Kier alpha value is -2.51. The topological polar surface area (TPSA) is 108 Å². The molecule has 1 heterocycles. The van der Waals surface area contributed by atoms with E-state index in [0.717, 1.165) is 0 Å². The van der Waals surface area contributed by atoms with Crippen LogP contribution in [0.25, 0.3) is 0 Å². The summed E-state index contributed by atoms with van der Waals surface area (Å²) in [7, 11) is 0. The van der Waals surface area contributed by atoms with Crippen LogP contribution in [0.1, 0.15) is 13.8 Å². The highest BCUT2D eigenvalue weighted by molar-refractivity contribution is 5.70. The molecule has 0 saturated heterocycles. The smallest absolute Gasteiger partial charge is 0.341 e. The third-order valence-corrected chi connectivity index (χ3v) is 2.30. The lowest BCUT2D eigenvalue weighted by Gasteiger charge is -2.16. The Morgan fingerprint density at radius 1 is 1.47 bits per heavy atom. The molecule has 0 amide bonds. The van der Waals surface area contributed by atoms with E-state index in [1.54, 1.807) is 13.8 Å². The van der Waals surface area contributed by atoms with E-state index in [1.165, 1.54) is 12.1 Å². The molecule has 1 aromatic carbocycles. The van der Waals surface area contributed by atoms with Gasteiger partial charge in [0.1, 0.15) is 0 Å². The quantitative estimate of drug-likeness (QED) is 0.652. The zero-order valence-corrected chi connectivity index (χ0v) is 10.2. The Bertz CT molecular complexity index is 552. The molecule has 0 aromatic heterocycles. The number of carboxylic acids is 1. The van der Waals surface area contributed by atoms with Crippen molar-refractivity contribution in [2.24, 2.45) is 0 Å². The average molecular weight is 269 g/mol. The van der Waals surface area contributed by atoms with E-state index in [2.05, 4.69) is 0 Å². The van der Waals surface area contributed by atoms with Gasteiger partial charge in [-0.05, 0) is 6.07 Å². The first kappa shape index (κ1) is 12.9. The molecule has 1 aromatic rings. The number of hydrogen-bond acceptors (Lipinski definition) is 6. The Morgan fingerprint density at radius 2 is 2.16 bits per heavy atom. The first-order valence-electron chi connectivity index (χ1n) is 5.34. The minimum Gasteiger partial charge on any atom is -0.479 e. The maximum Gasteiger partial charge on any atom is 0.341 e. The molecule has 0 bridgehead atoms. The fourth-order valence-corrected chi connectivity index (χ4v) is 1.66. The van der Waals surface area contributed by atoms with E-state index in [1.807, 2.05) is 0 Å². The number of nitro benzene ring substituents is 1. The van der Waals surface area contributed by atoms with Gasteiger partial charge in [0.25, 0.3) is 0 Å². The van der Waals surface area contributed by atoms with Gasteiger partial charge in [-0.15, -0.1) is 0 Å². The highest BCUT2D eigenvalue weighted by Crippen LogP contribution is 2.50. The minimum absolute atomic E-state index is 0.0421. The molecule has 1 aliphatic heterocycles. The molecule has 1 aliphatic rings. The van der Waals surface area contributed by atoms with Gasteiger partial charge in [0.15, 0.2) is 12.4 Å². The van der Waals surface area contributed by atoms with Crippen molar-refractivity contribution in [1.82, 2.24) is 0 Å². The zero-order valence-electron chi connectivity index (χ0n) is 10.2. The number of carbonyl (C=O) groups is 1. The van der Waals surface area contributed by atoms with Gasteiger partial charge in [-0.2, -0.15) is 0 Å². The Labute approximate surface area is 107 Å². The van der Waals surface area contributed by atoms with E-state index in [0.29, 0.717) is 0 Å². The molecule has 0 spiro atoms. The van der Waals surface area contributed by atoms with Crippen molar-refractivity contribution in [1.29, 1.82) is 0 Å². The number of nitrogens with zero attached hydrogens (tertiary/aromatic N) is 1. The van der Waals surface area contributed by atoms with Gasteiger partial charge in [-0.3, -0.25) is 10.1 Å². The highest BCUT2D eigenvalue weighted by Gasteiger charge is 2.38. The summed E-state index contributed by atoms with van der Waals surface area (Å²) in [5, 5.41) is 19.5. The summed E-state index contributed by atoms with van der Waals surface area (Å²) in [5.41, 5.74) is -0.374. The third-order valence-electron chi connectivity index (χ3n) is 2.30. The Kier molecular flexibility index (Phi) is 2.93. The Morgan fingerprint density at radius 3 is 2.74 bits per heavy atom. The van der Waals surface area contributed by atoms with E-state index < -0.39 is 23.3 Å². The van der Waals surface area contributed by atoms with Crippen LogP contribution in [0.15, 0.2) is 12.1 Å². The summed E-state index contributed by atoms with van der Waals surface area (Å²) < 4.78 is 15.8. The summed E-state index contributed by atoms with van der Waals surface area (Å²) in [6.45, 7) is 2.54. The first-order chi connectivity index (χ1) is 8.80. The number of rotatable bonds is 4. The second-order valence-corrected chi connectivity index (χ2v) is 4.28. The van der Waals surface area contributed by atoms with E-state index in [9.17, 15) is 14.9 Å². The summed E-state index contributed by atoms with van der Waals surface area (Å²) >= 11 is 0. The molecular formula is C11H11NO7. The van der Waals surface area contributed by atoms with Gasteiger partial charge in [-0.25, -0.2) is 4.79 Å². The van der Waals surface area contributed by atoms with Gasteiger partial charge in [0, 0.05) is 19.9 Å². The van der Waals surface area contributed by atoms with Crippen LogP contribution in [0.2, 0.25) is 0 Å². The monoisotopic (exact) mass is 269 g/mol. The van der Waals surface area contributed by atoms with Crippen molar-refractivity contribution < 1.29 is 29.0 Å². The molecule has 0 unspecified atom stereocenters. The molecule has 0 radical (unpaired) electrons. The normalized spacial score (nSPS) is 15.1. The Balaban J connectivity index is 2.45. The third kappa shape index (κ3) is 2.51. The minimum atomic E-state index is -1.25. The first-order valence-corrected chi connectivity index (χ1v) is 5.34. The number of nitro groups is 1. The predicted octanol–water partition coefficient (Wildman–Crippen LogP) is 1.57. The second kappa shape index (κ2) is 4.30. The summed E-state index contributed by atoms with van der Waals surface area (Å²) in [6, 6.07) is 2.57. The van der Waals surface area contributed by atoms with Crippen LogP contribution in [0, 0.1) is 10.1 Å². The van der Waals surface area contributed by atoms with Gasteiger partial charge >= 0.3 is 11.7 Å². The van der Waals surface area contributed by atoms with Crippen LogP contribution in [0.3, 0.4) is 0 Å². The molecule has 102 valence electrons. The molecule has 0 atom stereocenters. The number of fused-ring (bicyclic) bond motifs is 1. The van der Waals surface area contributed by atoms with Crippen molar-refractivity contribution >= 4 is 11.7 Å². The second-order valence-electron chi connectivity index (χ2n) is 4.28. The van der Waals surface area contributed by atoms with Crippen LogP contribution in [0.5, 0.6) is 17.2 Å². The molecule has 2 rings (SSSR count). The fraction of sp³-hybridized carbons (Fsp3) is 0.364. The van der Waals surface area contributed by atoms with Crippen LogP contribution >= 0.6 is 0 Å². The average Bonchev–Trinajstić information content (AvgIpc) is 2.59. The molecule has 8 heteroatoms. The predicted molar refractivity (Wildman–Crippen MR) is 61.6 cm³/mol. The van der Waals surface area contributed by atoms with E-state index in [4.69, 9.17) is 19.3 Å². The van der Waals surface area contributed by atoms with E-state index in [-0.39, 0.29) is 22.9 Å². The molecule has 8 nitrogen and oxygen atoms in total. The number of hydrogen-bond donors (Lipinski definition) is 1. The lowest BCUT2D eigenvalue weighted by Crippen LogP contribution is -2.29. The lowest BCUT2D eigenvalue weighted by atomic mass is 10.2. The van der Waals surface area contributed by atoms with E-state index >= 15 is 0 Å². The number of benzene rings is 1. The molecule has 1 N–H and O–H groups in total. The number of aliphatic carboxylic acids is 1. The number of ether oxygens (including phenoxy) is 3. The molecule has 19 heavy (non-hydrogen) atoms. The van der Waals surface area contributed by atoms with Gasteiger partial charge in [0.2, 0.25) is 17.3 Å². The SMILES string of the molecule is CC1(C)Oc2ccc([N+](=O)[O-])c(OCC(=O)O)c2O1. The van der Waals surface area contributed by atoms with Crippen LogP contribution in [-0.4, -0.2) is 28.4 Å². The molecule has 0 saturated carbocycles. The van der Waals surface area contributed by atoms with Crippen molar-refractivity contribution in [3.8, 4) is 17.2 Å². The van der Waals surface area contributed by atoms with Gasteiger partial charge < -0.3 is 19.3 Å². The van der Waals surface area contributed by atoms with Crippen LogP contribution in [-0.2, 0) is 4.79 Å². The highest BCUT2D eigenvalue weighted by atomic mass is 16.7. The van der Waals surface area contributed by atoms with Gasteiger partial charge in [0.05, 0.1) is 4.92 Å². The maximum atomic E-state index is 10.9. The lowest BCUT2D eigenvalue weighted by molar-refractivity contribution is -0.385. The van der Waals surface area contributed by atoms with Crippen molar-refractivity contribution in [3.63, 3.8) is 0 Å². The molecule has 0 fully saturated rings. The van der Waals surface area contributed by atoms with Crippen LogP contribution < -0.4 is 14.2 Å². The van der Waals surface area contributed by atoms with Crippen molar-refractivity contribution in [2.45, 2.75) is 19.6 Å². The number of carboxylic acid groups (broad SMARTS) is 1. The summed E-state index contributed by atoms with van der Waals surface area (Å²) in [6.07, 6.45) is 0. The fourth-order valence-electron chi connectivity index (χ4n) is 1.66. The summed E-state index contributed by atoms with van der Waals surface area (Å²) in [5.74, 6) is -2.16. The van der Waals surface area contributed by atoms with Crippen molar-refractivity contribution in [3.05, 3.63) is 22.2 Å². The standard InChI is InChI=1S/C11H11NO7/c1-11(2)18-7-4-3-6(12(15)16)9(10(7)19-11)17-5-8(13)14/h3-4H,5H2,1-2H3,(H,13,14). The molecular weight excluding hydrogens is 258 g/mol. The van der Waals surface area contributed by atoms with Crippen LogP contribution in [0.4, 0.5) is 5.69 Å². The largest absolute Gasteiger partial charge is 0.479 e. The maximum absolute atomic E-state index is 10.9. The van der Waals surface area contributed by atoms with Crippen molar-refractivity contribution in [2.75, 3.05) is 6.61 Å². The van der Waals surface area contributed by atoms with Gasteiger partial charge in [-0.1, -0.05) is 0 Å². The summed E-state index contributed by atoms with van der Waals surface area (Å²) in [4.78, 5) is 20.7. The zero-order chi connectivity index (χ0) is 14.2. The molecule has 0 aliphatic carbocycles.